The van der Waals surface area contributed by atoms with Crippen molar-refractivity contribution in [2.45, 2.75) is 31.2 Å². The van der Waals surface area contributed by atoms with E-state index >= 15 is 0 Å². The topological polar surface area (TPSA) is 52.6 Å². The molecule has 0 saturated heterocycles. The number of carboxylic acid groups (broad SMARTS) is 1. The summed E-state index contributed by atoms with van der Waals surface area (Å²) in [5, 5.41) is 12.8. The van der Waals surface area contributed by atoms with Crippen LogP contribution in [0.5, 0.6) is 0 Å². The van der Waals surface area contributed by atoms with Gasteiger partial charge in [-0.1, -0.05) is 13.0 Å². The van der Waals surface area contributed by atoms with Crippen molar-refractivity contribution in [1.82, 2.24) is 4.90 Å². The van der Waals surface area contributed by atoms with Gasteiger partial charge >= 0.3 is 5.97 Å². The SMILES string of the molecule is CCSc1cccc(NC(C)CCN(C)C)c1C(=O)O. The van der Waals surface area contributed by atoms with Gasteiger partial charge in [0.05, 0.1) is 11.3 Å². The molecule has 112 valence electrons. The van der Waals surface area contributed by atoms with Gasteiger partial charge in [0.1, 0.15) is 0 Å². The van der Waals surface area contributed by atoms with E-state index in [1.807, 2.05) is 39.2 Å². The number of carboxylic acids is 1. The van der Waals surface area contributed by atoms with Crippen LogP contribution in [0.3, 0.4) is 0 Å². The highest BCUT2D eigenvalue weighted by molar-refractivity contribution is 7.99. The molecular weight excluding hydrogens is 272 g/mol. The molecule has 20 heavy (non-hydrogen) atoms. The molecule has 1 rings (SSSR count). The van der Waals surface area contributed by atoms with Crippen molar-refractivity contribution in [3.8, 4) is 0 Å². The van der Waals surface area contributed by atoms with E-state index in [4.69, 9.17) is 0 Å². The number of rotatable bonds is 8. The zero-order valence-electron chi connectivity index (χ0n) is 12.6. The zero-order chi connectivity index (χ0) is 15.1. The largest absolute Gasteiger partial charge is 0.478 e. The van der Waals surface area contributed by atoms with Crippen LogP contribution in [-0.2, 0) is 0 Å². The number of nitrogens with zero attached hydrogens (tertiary/aromatic N) is 1. The molecule has 1 unspecified atom stereocenters. The van der Waals surface area contributed by atoms with E-state index in [0.717, 1.165) is 23.6 Å². The zero-order valence-corrected chi connectivity index (χ0v) is 13.5. The van der Waals surface area contributed by atoms with Gasteiger partial charge in [-0.3, -0.25) is 0 Å². The van der Waals surface area contributed by atoms with Crippen molar-refractivity contribution >= 4 is 23.4 Å². The summed E-state index contributed by atoms with van der Waals surface area (Å²) in [5.41, 5.74) is 1.10. The first-order chi connectivity index (χ1) is 9.45. The van der Waals surface area contributed by atoms with Gasteiger partial charge in [0.25, 0.3) is 0 Å². The minimum Gasteiger partial charge on any atom is -0.478 e. The number of aromatic carboxylic acids is 1. The molecule has 0 aliphatic rings. The minimum atomic E-state index is -0.871. The van der Waals surface area contributed by atoms with Crippen molar-refractivity contribution < 1.29 is 9.90 Å². The van der Waals surface area contributed by atoms with Crippen LogP contribution in [0.2, 0.25) is 0 Å². The fourth-order valence-corrected chi connectivity index (χ4v) is 2.76. The summed E-state index contributed by atoms with van der Waals surface area (Å²) < 4.78 is 0. The summed E-state index contributed by atoms with van der Waals surface area (Å²) in [6.07, 6.45) is 0.969. The average Bonchev–Trinajstić information content (AvgIpc) is 2.36. The Morgan fingerprint density at radius 2 is 2.15 bits per heavy atom. The Morgan fingerprint density at radius 1 is 1.45 bits per heavy atom. The predicted molar refractivity (Wildman–Crippen MR) is 86.1 cm³/mol. The molecule has 0 aliphatic carbocycles. The van der Waals surface area contributed by atoms with Gasteiger partial charge in [0.15, 0.2) is 0 Å². The second kappa shape index (κ2) is 8.17. The Morgan fingerprint density at radius 3 is 2.70 bits per heavy atom. The molecule has 4 nitrogen and oxygen atoms in total. The Hall–Kier alpha value is -1.20. The number of thioether (sulfide) groups is 1. The Kier molecular flexibility index (Phi) is 6.88. The number of carbonyl (C=O) groups is 1. The lowest BCUT2D eigenvalue weighted by molar-refractivity contribution is 0.0694. The number of anilines is 1. The Labute approximate surface area is 125 Å². The van der Waals surface area contributed by atoms with E-state index in [1.165, 1.54) is 0 Å². The van der Waals surface area contributed by atoms with Gasteiger partial charge < -0.3 is 15.3 Å². The third-order valence-electron chi connectivity index (χ3n) is 2.95. The number of benzene rings is 1. The molecule has 0 aromatic heterocycles. The van der Waals surface area contributed by atoms with E-state index < -0.39 is 5.97 Å². The second-order valence-corrected chi connectivity index (χ2v) is 6.36. The molecule has 2 N–H and O–H groups in total. The van der Waals surface area contributed by atoms with Crippen LogP contribution >= 0.6 is 11.8 Å². The monoisotopic (exact) mass is 296 g/mol. The van der Waals surface area contributed by atoms with Crippen LogP contribution in [0.1, 0.15) is 30.6 Å². The molecule has 5 heteroatoms. The van der Waals surface area contributed by atoms with E-state index in [0.29, 0.717) is 11.3 Å². The summed E-state index contributed by atoms with van der Waals surface area (Å²) in [6, 6.07) is 5.85. The Balaban J connectivity index is 2.88. The first-order valence-corrected chi connectivity index (χ1v) is 7.84. The first-order valence-electron chi connectivity index (χ1n) is 6.86. The molecule has 0 saturated carbocycles. The molecule has 0 amide bonds. The van der Waals surface area contributed by atoms with Crippen molar-refractivity contribution in [1.29, 1.82) is 0 Å². The molecule has 1 aromatic carbocycles. The lowest BCUT2D eigenvalue weighted by Crippen LogP contribution is -2.24. The highest BCUT2D eigenvalue weighted by Crippen LogP contribution is 2.29. The number of nitrogens with one attached hydrogen (secondary N) is 1. The molecule has 0 aliphatic heterocycles. The average molecular weight is 296 g/mol. The molecule has 1 atom stereocenters. The fraction of sp³-hybridized carbons (Fsp3) is 0.533. The first kappa shape index (κ1) is 16.9. The van der Waals surface area contributed by atoms with Crippen molar-refractivity contribution in [3.63, 3.8) is 0 Å². The molecule has 1 aromatic rings. The molecule has 0 spiro atoms. The van der Waals surface area contributed by atoms with E-state index in [-0.39, 0.29) is 6.04 Å². The maximum absolute atomic E-state index is 11.5. The molecule has 0 radical (unpaired) electrons. The predicted octanol–water partition coefficient (Wildman–Crippen LogP) is 3.25. The summed E-state index contributed by atoms with van der Waals surface area (Å²) in [6.45, 7) is 5.07. The van der Waals surface area contributed by atoms with Crippen molar-refractivity contribution in [2.75, 3.05) is 31.7 Å². The normalized spacial score (nSPS) is 12.4. The number of hydrogen-bond acceptors (Lipinski definition) is 4. The number of hydrogen-bond donors (Lipinski definition) is 2. The van der Waals surface area contributed by atoms with E-state index in [9.17, 15) is 9.90 Å². The van der Waals surface area contributed by atoms with Crippen LogP contribution in [0.25, 0.3) is 0 Å². The highest BCUT2D eigenvalue weighted by Gasteiger charge is 2.16. The summed E-state index contributed by atoms with van der Waals surface area (Å²) in [7, 11) is 4.07. The second-order valence-electron chi connectivity index (χ2n) is 5.05. The molecule has 0 bridgehead atoms. The van der Waals surface area contributed by atoms with Gasteiger partial charge in [-0.15, -0.1) is 11.8 Å². The lowest BCUT2D eigenvalue weighted by Gasteiger charge is -2.20. The lowest BCUT2D eigenvalue weighted by atomic mass is 10.1. The smallest absolute Gasteiger partial charge is 0.338 e. The third-order valence-corrected chi connectivity index (χ3v) is 3.89. The van der Waals surface area contributed by atoms with Gasteiger partial charge in [-0.25, -0.2) is 4.79 Å². The quantitative estimate of drug-likeness (QED) is 0.721. The minimum absolute atomic E-state index is 0.234. The molecular formula is C15H24N2O2S. The van der Waals surface area contributed by atoms with Crippen LogP contribution < -0.4 is 5.32 Å². The molecule has 0 fully saturated rings. The summed E-state index contributed by atoms with van der Waals surface area (Å²) in [5.74, 6) is -0.0104. The fourth-order valence-electron chi connectivity index (χ4n) is 1.94. The Bertz CT molecular complexity index is 449. The van der Waals surface area contributed by atoms with Crippen LogP contribution in [0.4, 0.5) is 5.69 Å². The van der Waals surface area contributed by atoms with Crippen LogP contribution in [0.15, 0.2) is 23.1 Å². The van der Waals surface area contributed by atoms with E-state index in [1.54, 1.807) is 11.8 Å². The van der Waals surface area contributed by atoms with Gasteiger partial charge in [-0.05, 0) is 51.9 Å². The standard InChI is InChI=1S/C15H24N2O2S/c1-5-20-13-8-6-7-12(14(13)15(18)19)16-11(2)9-10-17(3)4/h6-8,11,16H,5,9-10H2,1-4H3,(H,18,19). The van der Waals surface area contributed by atoms with Crippen molar-refractivity contribution in [2.24, 2.45) is 0 Å². The summed E-state index contributed by atoms with van der Waals surface area (Å²) in [4.78, 5) is 14.5. The van der Waals surface area contributed by atoms with Gasteiger partial charge in [-0.2, -0.15) is 0 Å². The molecule has 0 heterocycles. The van der Waals surface area contributed by atoms with Crippen LogP contribution in [-0.4, -0.2) is 48.4 Å². The highest BCUT2D eigenvalue weighted by atomic mass is 32.2. The van der Waals surface area contributed by atoms with Gasteiger partial charge in [0.2, 0.25) is 0 Å². The third kappa shape index (κ3) is 5.06. The maximum Gasteiger partial charge on any atom is 0.338 e. The van der Waals surface area contributed by atoms with Crippen LogP contribution in [0, 0.1) is 0 Å². The maximum atomic E-state index is 11.5. The summed E-state index contributed by atoms with van der Waals surface area (Å²) >= 11 is 1.56. The van der Waals surface area contributed by atoms with E-state index in [2.05, 4.69) is 17.1 Å². The van der Waals surface area contributed by atoms with Gasteiger partial charge in [0, 0.05) is 10.9 Å². The van der Waals surface area contributed by atoms with Crippen molar-refractivity contribution in [3.05, 3.63) is 23.8 Å².